The van der Waals surface area contributed by atoms with Crippen LogP contribution in [-0.2, 0) is 23.5 Å². The molecule has 0 aromatic rings. The Morgan fingerprint density at radius 3 is 2.29 bits per heavy atom. The van der Waals surface area contributed by atoms with Gasteiger partial charge in [0, 0.05) is 19.2 Å². The fourth-order valence-electron chi connectivity index (χ4n) is 2.49. The summed E-state index contributed by atoms with van der Waals surface area (Å²) in [6, 6.07) is 1.06. The Morgan fingerprint density at radius 2 is 1.75 bits per heavy atom. The SMILES string of the molecule is C=CC(=O)OCC(CO)(CO)COC(=O)CCN(C)CCC[Si](C)(C)OCC. The van der Waals surface area contributed by atoms with E-state index in [9.17, 15) is 19.8 Å². The lowest BCUT2D eigenvalue weighted by molar-refractivity contribution is -0.156. The van der Waals surface area contributed by atoms with E-state index in [-0.39, 0.29) is 19.6 Å². The van der Waals surface area contributed by atoms with Gasteiger partial charge in [0.05, 0.1) is 25.0 Å². The van der Waals surface area contributed by atoms with Crippen LogP contribution < -0.4 is 0 Å². The Bertz CT molecular complexity index is 481. The van der Waals surface area contributed by atoms with Crippen molar-refractivity contribution in [2.45, 2.75) is 38.9 Å². The highest BCUT2D eigenvalue weighted by Crippen LogP contribution is 2.18. The van der Waals surface area contributed by atoms with Crippen molar-refractivity contribution in [2.75, 3.05) is 53.2 Å². The predicted molar refractivity (Wildman–Crippen MR) is 109 cm³/mol. The van der Waals surface area contributed by atoms with Gasteiger partial charge in [-0.25, -0.2) is 4.79 Å². The van der Waals surface area contributed by atoms with Crippen molar-refractivity contribution >= 4 is 20.3 Å². The molecule has 8 nitrogen and oxygen atoms in total. The van der Waals surface area contributed by atoms with Crippen LogP contribution in [0, 0.1) is 5.41 Å². The van der Waals surface area contributed by atoms with Gasteiger partial charge >= 0.3 is 11.9 Å². The number of nitrogens with zero attached hydrogens (tertiary/aromatic N) is 1. The van der Waals surface area contributed by atoms with Gasteiger partial charge in [0.25, 0.3) is 0 Å². The smallest absolute Gasteiger partial charge is 0.330 e. The molecule has 0 fully saturated rings. The molecule has 0 amide bonds. The molecule has 0 radical (unpaired) electrons. The summed E-state index contributed by atoms with van der Waals surface area (Å²) in [5, 5.41) is 19.0. The average Bonchev–Trinajstić information content (AvgIpc) is 2.66. The van der Waals surface area contributed by atoms with Gasteiger partial charge in [-0.2, -0.15) is 0 Å². The first-order valence-corrected chi connectivity index (χ1v) is 12.7. The van der Waals surface area contributed by atoms with E-state index in [0.717, 1.165) is 31.7 Å². The fourth-order valence-corrected chi connectivity index (χ4v) is 4.43. The lowest BCUT2D eigenvalue weighted by Gasteiger charge is -2.28. The van der Waals surface area contributed by atoms with E-state index in [1.807, 2.05) is 14.0 Å². The quantitative estimate of drug-likeness (QED) is 0.218. The first-order chi connectivity index (χ1) is 13.1. The molecule has 0 aromatic heterocycles. The van der Waals surface area contributed by atoms with Crippen LogP contribution in [0.15, 0.2) is 12.7 Å². The second kappa shape index (κ2) is 13.8. The van der Waals surface area contributed by atoms with Crippen LogP contribution in [0.4, 0.5) is 0 Å². The van der Waals surface area contributed by atoms with Crippen LogP contribution in [0.25, 0.3) is 0 Å². The van der Waals surface area contributed by atoms with Crippen LogP contribution in [0.1, 0.15) is 19.8 Å². The normalized spacial score (nSPS) is 12.1. The van der Waals surface area contributed by atoms with Crippen molar-refractivity contribution < 1.29 is 33.7 Å². The van der Waals surface area contributed by atoms with E-state index in [1.165, 1.54) is 0 Å². The zero-order valence-corrected chi connectivity index (χ0v) is 18.7. The van der Waals surface area contributed by atoms with Crippen LogP contribution in [-0.4, -0.2) is 88.5 Å². The summed E-state index contributed by atoms with van der Waals surface area (Å²) in [4.78, 5) is 25.2. The van der Waals surface area contributed by atoms with Gasteiger partial charge in [0.1, 0.15) is 13.2 Å². The fraction of sp³-hybridized carbons (Fsp3) is 0.789. The monoisotopic (exact) mass is 419 g/mol. The molecule has 2 N–H and O–H groups in total. The van der Waals surface area contributed by atoms with Gasteiger partial charge in [-0.3, -0.25) is 4.79 Å². The minimum Gasteiger partial charge on any atom is -0.465 e. The first-order valence-electron chi connectivity index (χ1n) is 9.62. The molecule has 0 aromatic carbocycles. The van der Waals surface area contributed by atoms with Gasteiger partial charge in [0.15, 0.2) is 8.32 Å². The van der Waals surface area contributed by atoms with E-state index in [2.05, 4.69) is 24.6 Å². The molecule has 0 rings (SSSR count). The minimum absolute atomic E-state index is 0.197. The lowest BCUT2D eigenvalue weighted by Crippen LogP contribution is -2.41. The third-order valence-electron chi connectivity index (χ3n) is 4.45. The Labute approximate surface area is 169 Å². The zero-order valence-electron chi connectivity index (χ0n) is 17.7. The van der Waals surface area contributed by atoms with Crippen LogP contribution >= 0.6 is 0 Å². The third-order valence-corrected chi connectivity index (χ3v) is 7.08. The number of aliphatic hydroxyl groups excluding tert-OH is 2. The maximum absolute atomic E-state index is 12.0. The van der Waals surface area contributed by atoms with Crippen LogP contribution in [0.2, 0.25) is 19.1 Å². The third kappa shape index (κ3) is 11.6. The molecule has 0 unspecified atom stereocenters. The number of hydrogen-bond donors (Lipinski definition) is 2. The summed E-state index contributed by atoms with van der Waals surface area (Å²) in [7, 11) is 0.364. The molecule has 0 saturated carbocycles. The Hall–Kier alpha value is -1.26. The second-order valence-corrected chi connectivity index (χ2v) is 11.9. The predicted octanol–water partition coefficient (Wildman–Crippen LogP) is 1.18. The number of aliphatic hydroxyl groups is 2. The Balaban J connectivity index is 4.23. The number of carbonyl (C=O) groups excluding carboxylic acids is 2. The average molecular weight is 420 g/mol. The number of hydrogen-bond acceptors (Lipinski definition) is 8. The molecular weight excluding hydrogens is 382 g/mol. The molecule has 0 atom stereocenters. The van der Waals surface area contributed by atoms with Crippen LogP contribution in [0.3, 0.4) is 0 Å². The van der Waals surface area contributed by atoms with E-state index < -0.39 is 38.9 Å². The van der Waals surface area contributed by atoms with Gasteiger partial charge in [0.2, 0.25) is 0 Å². The minimum atomic E-state index is -1.58. The standard InChI is InChI=1S/C19H37NO7Si/c1-6-17(23)25-15-19(13-21,14-22)16-26-18(24)9-11-20(3)10-8-12-28(4,5)27-7-2/h6,21-22H,1,7-16H2,2-5H3. The Kier molecular flexibility index (Phi) is 13.2. The molecule has 0 saturated heterocycles. The Morgan fingerprint density at radius 1 is 1.14 bits per heavy atom. The molecule has 0 aliphatic rings. The summed E-state index contributed by atoms with van der Waals surface area (Å²) < 4.78 is 15.9. The van der Waals surface area contributed by atoms with E-state index in [4.69, 9.17) is 13.9 Å². The number of esters is 2. The molecule has 28 heavy (non-hydrogen) atoms. The van der Waals surface area contributed by atoms with E-state index >= 15 is 0 Å². The largest absolute Gasteiger partial charge is 0.465 e. The van der Waals surface area contributed by atoms with Gasteiger partial charge in [-0.1, -0.05) is 6.58 Å². The zero-order chi connectivity index (χ0) is 21.6. The van der Waals surface area contributed by atoms with E-state index in [0.29, 0.717) is 6.54 Å². The molecule has 0 spiro atoms. The molecule has 0 aliphatic heterocycles. The number of carbonyl (C=O) groups is 2. The summed E-state index contributed by atoms with van der Waals surface area (Å²) in [6.07, 6.45) is 2.19. The molecular formula is C19H37NO7Si. The highest BCUT2D eigenvalue weighted by Gasteiger charge is 2.32. The molecule has 9 heteroatoms. The van der Waals surface area contributed by atoms with Gasteiger partial charge < -0.3 is 29.0 Å². The van der Waals surface area contributed by atoms with Gasteiger partial charge in [-0.15, -0.1) is 0 Å². The van der Waals surface area contributed by atoms with Crippen molar-refractivity contribution in [1.29, 1.82) is 0 Å². The summed E-state index contributed by atoms with van der Waals surface area (Å²) in [6.45, 7) is 10.4. The lowest BCUT2D eigenvalue weighted by atomic mass is 9.92. The summed E-state index contributed by atoms with van der Waals surface area (Å²) in [5.41, 5.74) is -1.23. The van der Waals surface area contributed by atoms with Crippen molar-refractivity contribution in [3.05, 3.63) is 12.7 Å². The van der Waals surface area contributed by atoms with Crippen molar-refractivity contribution in [1.82, 2.24) is 4.90 Å². The number of rotatable bonds is 16. The van der Waals surface area contributed by atoms with Crippen LogP contribution in [0.5, 0.6) is 0 Å². The molecule has 0 heterocycles. The summed E-state index contributed by atoms with van der Waals surface area (Å²) in [5.74, 6) is -1.10. The second-order valence-electron chi connectivity index (χ2n) is 7.64. The van der Waals surface area contributed by atoms with Crippen molar-refractivity contribution in [3.63, 3.8) is 0 Å². The summed E-state index contributed by atoms with van der Waals surface area (Å²) >= 11 is 0. The van der Waals surface area contributed by atoms with Gasteiger partial charge in [-0.05, 0) is 46.1 Å². The molecule has 164 valence electrons. The van der Waals surface area contributed by atoms with Crippen molar-refractivity contribution in [3.8, 4) is 0 Å². The molecule has 0 aliphatic carbocycles. The highest BCUT2D eigenvalue weighted by molar-refractivity contribution is 6.71. The maximum Gasteiger partial charge on any atom is 0.330 e. The number of ether oxygens (including phenoxy) is 2. The maximum atomic E-state index is 12.0. The molecule has 0 bridgehead atoms. The first kappa shape index (κ1) is 26.7. The van der Waals surface area contributed by atoms with Crippen molar-refractivity contribution in [2.24, 2.45) is 5.41 Å². The van der Waals surface area contributed by atoms with E-state index in [1.54, 1.807) is 0 Å². The topological polar surface area (TPSA) is 106 Å². The highest BCUT2D eigenvalue weighted by atomic mass is 28.4.